The Balaban J connectivity index is 1.38. The van der Waals surface area contributed by atoms with Crippen LogP contribution in [0.25, 0.3) is 6.08 Å². The van der Waals surface area contributed by atoms with Gasteiger partial charge in [-0.1, -0.05) is 60.7 Å². The first kappa shape index (κ1) is 29.9. The Bertz CT molecular complexity index is 1650. The fourth-order valence-corrected chi connectivity index (χ4v) is 6.58. The van der Waals surface area contributed by atoms with E-state index in [1.807, 2.05) is 91.9 Å². The Hall–Kier alpha value is -4.60. The minimum absolute atomic E-state index is 0.123. The number of carbonyl (C=O) groups excluding carboxylic acids is 1. The van der Waals surface area contributed by atoms with Crippen LogP contribution in [-0.4, -0.2) is 47.6 Å². The summed E-state index contributed by atoms with van der Waals surface area (Å²) in [5.74, 6) is 0.455. The van der Waals surface area contributed by atoms with Gasteiger partial charge in [0.2, 0.25) is 15.9 Å². The molecule has 1 amide bonds. The second kappa shape index (κ2) is 13.6. The standard InChI is InChI=1S/C34H36N4O4S/c1-26(28-11-7-4-8-12-28)36-43(40,41)33-25-29(35-34(39)20-13-27-9-5-3-6-10-27)14-19-32(33)38-23-21-37(22-24-38)30-15-17-31(42-2)18-16-30/h3-20,25-26,36H,21-24H2,1-2H3,(H,35,39)/b20-13+. The Kier molecular flexibility index (Phi) is 9.44. The normalized spacial score (nSPS) is 14.5. The van der Waals surface area contributed by atoms with Crippen LogP contribution in [0.3, 0.4) is 0 Å². The average molecular weight is 597 g/mol. The Morgan fingerprint density at radius 2 is 1.47 bits per heavy atom. The molecule has 0 aromatic heterocycles. The van der Waals surface area contributed by atoms with Crippen LogP contribution in [0.4, 0.5) is 17.1 Å². The molecule has 1 saturated heterocycles. The van der Waals surface area contributed by atoms with E-state index < -0.39 is 16.1 Å². The molecule has 0 spiro atoms. The van der Waals surface area contributed by atoms with Crippen molar-refractivity contribution >= 4 is 39.1 Å². The molecule has 2 N–H and O–H groups in total. The number of nitrogens with one attached hydrogen (secondary N) is 2. The van der Waals surface area contributed by atoms with Crippen LogP contribution in [-0.2, 0) is 14.8 Å². The molecule has 1 aliphatic heterocycles. The lowest BCUT2D eigenvalue weighted by molar-refractivity contribution is -0.111. The third-order valence-corrected chi connectivity index (χ3v) is 9.00. The van der Waals surface area contributed by atoms with Gasteiger partial charge < -0.3 is 19.9 Å². The molecule has 5 rings (SSSR count). The molecule has 0 saturated carbocycles. The molecule has 1 aliphatic rings. The monoisotopic (exact) mass is 596 g/mol. The Morgan fingerprint density at radius 3 is 2.12 bits per heavy atom. The largest absolute Gasteiger partial charge is 0.497 e. The molecule has 0 aliphatic carbocycles. The van der Waals surface area contributed by atoms with Crippen molar-refractivity contribution in [2.24, 2.45) is 0 Å². The molecule has 222 valence electrons. The number of hydrogen-bond acceptors (Lipinski definition) is 6. The summed E-state index contributed by atoms with van der Waals surface area (Å²) < 4.78 is 35.9. The molecule has 1 atom stereocenters. The molecule has 1 fully saturated rings. The molecule has 8 nitrogen and oxygen atoms in total. The second-order valence-corrected chi connectivity index (χ2v) is 12.0. The molecule has 4 aromatic rings. The van der Waals surface area contributed by atoms with E-state index in [0.29, 0.717) is 24.5 Å². The van der Waals surface area contributed by atoms with Crippen LogP contribution < -0.4 is 24.6 Å². The number of anilines is 3. The molecule has 1 unspecified atom stereocenters. The van der Waals surface area contributed by atoms with E-state index in [9.17, 15) is 13.2 Å². The number of sulfonamides is 1. The highest BCUT2D eigenvalue weighted by molar-refractivity contribution is 7.89. The van der Waals surface area contributed by atoms with Gasteiger partial charge in [-0.2, -0.15) is 0 Å². The summed E-state index contributed by atoms with van der Waals surface area (Å²) in [4.78, 5) is 17.2. The van der Waals surface area contributed by atoms with E-state index in [1.165, 1.54) is 6.08 Å². The molecule has 43 heavy (non-hydrogen) atoms. The minimum Gasteiger partial charge on any atom is -0.497 e. The van der Waals surface area contributed by atoms with E-state index in [-0.39, 0.29) is 10.8 Å². The quantitative estimate of drug-likeness (QED) is 0.228. The first-order valence-electron chi connectivity index (χ1n) is 14.2. The Morgan fingerprint density at radius 1 is 0.837 bits per heavy atom. The van der Waals surface area contributed by atoms with Crippen molar-refractivity contribution in [1.29, 1.82) is 0 Å². The number of benzene rings is 4. The summed E-state index contributed by atoms with van der Waals surface area (Å²) in [6.45, 7) is 4.54. The van der Waals surface area contributed by atoms with Crippen LogP contribution in [0.1, 0.15) is 24.1 Å². The number of hydrogen-bond donors (Lipinski definition) is 2. The SMILES string of the molecule is COc1ccc(N2CCN(c3ccc(NC(=O)/C=C/c4ccccc4)cc3S(=O)(=O)NC(C)c3ccccc3)CC2)cc1. The van der Waals surface area contributed by atoms with E-state index in [0.717, 1.165) is 35.7 Å². The van der Waals surface area contributed by atoms with E-state index in [2.05, 4.69) is 19.8 Å². The van der Waals surface area contributed by atoms with Gasteiger partial charge >= 0.3 is 0 Å². The van der Waals surface area contributed by atoms with Crippen molar-refractivity contribution in [3.8, 4) is 5.75 Å². The van der Waals surface area contributed by atoms with Crippen LogP contribution in [0.2, 0.25) is 0 Å². The average Bonchev–Trinajstić information content (AvgIpc) is 3.04. The van der Waals surface area contributed by atoms with Gasteiger partial charge in [0.1, 0.15) is 10.6 Å². The van der Waals surface area contributed by atoms with Crippen molar-refractivity contribution in [2.45, 2.75) is 17.9 Å². The number of nitrogens with zero attached hydrogens (tertiary/aromatic N) is 2. The molecular formula is C34H36N4O4S. The highest BCUT2D eigenvalue weighted by Gasteiger charge is 2.27. The number of amides is 1. The van der Waals surface area contributed by atoms with Crippen LogP contribution in [0.5, 0.6) is 5.75 Å². The van der Waals surface area contributed by atoms with Crippen molar-refractivity contribution in [3.05, 3.63) is 120 Å². The van der Waals surface area contributed by atoms with Gasteiger partial charge in [0.15, 0.2) is 0 Å². The topological polar surface area (TPSA) is 91.0 Å². The summed E-state index contributed by atoms with van der Waals surface area (Å²) in [7, 11) is -2.32. The number of ether oxygens (including phenoxy) is 1. The Labute approximate surface area is 253 Å². The molecule has 1 heterocycles. The number of carbonyl (C=O) groups is 1. The predicted molar refractivity (Wildman–Crippen MR) is 173 cm³/mol. The van der Waals surface area contributed by atoms with Crippen molar-refractivity contribution in [2.75, 3.05) is 48.4 Å². The van der Waals surface area contributed by atoms with E-state index >= 15 is 0 Å². The number of methoxy groups -OCH3 is 1. The zero-order valence-corrected chi connectivity index (χ0v) is 25.1. The van der Waals surface area contributed by atoms with Crippen LogP contribution in [0.15, 0.2) is 114 Å². The zero-order chi connectivity index (χ0) is 30.2. The van der Waals surface area contributed by atoms with Gasteiger partial charge in [0.25, 0.3) is 0 Å². The molecule has 4 aromatic carbocycles. The van der Waals surface area contributed by atoms with Gasteiger partial charge in [0, 0.05) is 49.7 Å². The van der Waals surface area contributed by atoms with E-state index in [1.54, 1.807) is 31.4 Å². The van der Waals surface area contributed by atoms with Crippen LogP contribution in [0, 0.1) is 0 Å². The van der Waals surface area contributed by atoms with Crippen molar-refractivity contribution in [1.82, 2.24) is 4.72 Å². The number of rotatable bonds is 10. The summed E-state index contributed by atoms with van der Waals surface area (Å²) >= 11 is 0. The molecular weight excluding hydrogens is 560 g/mol. The minimum atomic E-state index is -3.96. The maximum Gasteiger partial charge on any atom is 0.248 e. The third-order valence-electron chi connectivity index (χ3n) is 7.43. The summed E-state index contributed by atoms with van der Waals surface area (Å²) in [6, 6.07) is 31.5. The van der Waals surface area contributed by atoms with Gasteiger partial charge in [-0.05, 0) is 66.6 Å². The lowest BCUT2D eigenvalue weighted by Gasteiger charge is -2.38. The highest BCUT2D eigenvalue weighted by atomic mass is 32.2. The summed E-state index contributed by atoms with van der Waals surface area (Å²) in [5.41, 5.74) is 3.84. The molecule has 9 heteroatoms. The van der Waals surface area contributed by atoms with Crippen molar-refractivity contribution in [3.63, 3.8) is 0 Å². The van der Waals surface area contributed by atoms with Crippen molar-refractivity contribution < 1.29 is 17.9 Å². The first-order valence-corrected chi connectivity index (χ1v) is 15.7. The second-order valence-electron chi connectivity index (χ2n) is 10.3. The van der Waals surface area contributed by atoms with Gasteiger partial charge in [-0.15, -0.1) is 0 Å². The molecule has 0 bridgehead atoms. The number of piperazine rings is 1. The third kappa shape index (κ3) is 7.63. The van der Waals surface area contributed by atoms with E-state index in [4.69, 9.17) is 4.74 Å². The van der Waals surface area contributed by atoms with Gasteiger partial charge in [-0.3, -0.25) is 4.79 Å². The highest BCUT2D eigenvalue weighted by Crippen LogP contribution is 2.31. The lowest BCUT2D eigenvalue weighted by atomic mass is 10.1. The van der Waals surface area contributed by atoms with Gasteiger partial charge in [0.05, 0.1) is 12.8 Å². The van der Waals surface area contributed by atoms with Crippen LogP contribution >= 0.6 is 0 Å². The fraction of sp³-hybridized carbons (Fsp3) is 0.206. The zero-order valence-electron chi connectivity index (χ0n) is 24.3. The first-order chi connectivity index (χ1) is 20.8. The summed E-state index contributed by atoms with van der Waals surface area (Å²) in [6.07, 6.45) is 3.15. The maximum atomic E-state index is 13.9. The predicted octanol–water partition coefficient (Wildman–Crippen LogP) is 5.71. The maximum absolute atomic E-state index is 13.9. The smallest absolute Gasteiger partial charge is 0.248 e. The lowest BCUT2D eigenvalue weighted by Crippen LogP contribution is -2.47. The summed E-state index contributed by atoms with van der Waals surface area (Å²) in [5, 5.41) is 2.82. The fourth-order valence-electron chi connectivity index (χ4n) is 5.09. The molecule has 0 radical (unpaired) electrons. The van der Waals surface area contributed by atoms with Gasteiger partial charge in [-0.25, -0.2) is 13.1 Å².